The maximum Gasteiger partial charge on any atom is 2.00 e. The van der Waals surface area contributed by atoms with Crippen molar-refractivity contribution in [2.45, 2.75) is 0 Å². The van der Waals surface area contributed by atoms with Gasteiger partial charge in [-0.2, -0.15) is 11.8 Å². The van der Waals surface area contributed by atoms with Gasteiger partial charge in [-0.15, -0.1) is 0 Å². The van der Waals surface area contributed by atoms with Gasteiger partial charge in [0.25, 0.3) is 0 Å². The molecule has 0 saturated heterocycles. The molecule has 0 unspecified atom stereocenters. The van der Waals surface area contributed by atoms with Crippen LogP contribution in [0.3, 0.4) is 0 Å². The van der Waals surface area contributed by atoms with Crippen LogP contribution in [0.4, 0.5) is 0 Å². The van der Waals surface area contributed by atoms with Gasteiger partial charge in [0.1, 0.15) is 0 Å². The SMILES string of the molecule is CSC.[CH3-].[CH3-].[Cu+2].[Li]. The standard InChI is InChI=1S/C2H6S.2CH3.Cu.Li/c1-3-2;;;;/h1-2H3;2*1H3;;/q;2*-1;+2;. The van der Waals surface area contributed by atoms with E-state index in [1.165, 1.54) is 0 Å². The van der Waals surface area contributed by atoms with E-state index in [-0.39, 0.29) is 50.8 Å². The Morgan fingerprint density at radius 3 is 1.00 bits per heavy atom. The van der Waals surface area contributed by atoms with E-state index in [1.54, 1.807) is 11.8 Å². The molecule has 7 heavy (non-hydrogen) atoms. The van der Waals surface area contributed by atoms with Crippen molar-refractivity contribution in [3.8, 4) is 0 Å². The van der Waals surface area contributed by atoms with Crippen molar-refractivity contribution in [1.29, 1.82) is 0 Å². The third kappa shape index (κ3) is 104. The molecule has 0 heterocycles. The summed E-state index contributed by atoms with van der Waals surface area (Å²) in [6, 6.07) is 0. The first kappa shape index (κ1) is 39.3. The monoisotopic (exact) mass is 162 g/mol. The first-order chi connectivity index (χ1) is 1.41. The summed E-state index contributed by atoms with van der Waals surface area (Å²) in [5.41, 5.74) is 0. The smallest absolute Gasteiger partial charge is 0.358 e. The van der Waals surface area contributed by atoms with Crippen LogP contribution in [0.15, 0.2) is 0 Å². The fourth-order valence-corrected chi connectivity index (χ4v) is 0. The second-order valence-corrected chi connectivity index (χ2v) is 1.22. The van der Waals surface area contributed by atoms with Crippen molar-refractivity contribution in [2.24, 2.45) is 0 Å². The molecule has 0 atom stereocenters. The fraction of sp³-hybridized carbons (Fsp3) is 0.500. The molecule has 0 aromatic rings. The molecule has 0 N–H and O–H groups in total. The van der Waals surface area contributed by atoms with Gasteiger partial charge in [-0.05, 0) is 12.5 Å². The fourth-order valence-electron chi connectivity index (χ4n) is 0. The number of hydrogen-bond donors (Lipinski definition) is 0. The Kier molecular flexibility index (Phi) is 288. The van der Waals surface area contributed by atoms with Gasteiger partial charge in [-0.25, -0.2) is 0 Å². The van der Waals surface area contributed by atoms with Gasteiger partial charge in [0, 0.05) is 18.9 Å². The average molecular weight is 163 g/mol. The Balaban J connectivity index is -0.00000000333. The summed E-state index contributed by atoms with van der Waals surface area (Å²) >= 11 is 1.75. The number of hydrogen-bond acceptors (Lipinski definition) is 1. The van der Waals surface area contributed by atoms with Crippen LogP contribution in [0, 0.1) is 14.9 Å². The van der Waals surface area contributed by atoms with Gasteiger partial charge in [-0.1, -0.05) is 0 Å². The molecule has 3 heteroatoms. The Labute approximate surface area is 74.9 Å². The van der Waals surface area contributed by atoms with Crippen molar-refractivity contribution in [3.63, 3.8) is 0 Å². The summed E-state index contributed by atoms with van der Waals surface area (Å²) in [5, 5.41) is 0. The van der Waals surface area contributed by atoms with Crippen molar-refractivity contribution in [3.05, 3.63) is 14.9 Å². The minimum atomic E-state index is 0. The van der Waals surface area contributed by atoms with E-state index in [4.69, 9.17) is 0 Å². The molecule has 0 bridgehead atoms. The zero-order valence-electron chi connectivity index (χ0n) is 5.71. The van der Waals surface area contributed by atoms with Crippen molar-refractivity contribution in [2.75, 3.05) is 12.5 Å². The molecule has 0 nitrogen and oxygen atoms in total. The van der Waals surface area contributed by atoms with Gasteiger partial charge in [0.15, 0.2) is 0 Å². The molecule has 0 aliphatic rings. The first-order valence-electron chi connectivity index (χ1n) is 0.816. The average Bonchev–Trinajstić information content (AvgIpc) is 0.918. The third-order valence-electron chi connectivity index (χ3n) is 0. The molecule has 0 saturated carbocycles. The van der Waals surface area contributed by atoms with Crippen LogP contribution in [-0.4, -0.2) is 31.4 Å². The molecule has 0 aliphatic carbocycles. The minimum Gasteiger partial charge on any atom is -0.358 e. The van der Waals surface area contributed by atoms with E-state index >= 15 is 0 Å². The van der Waals surface area contributed by atoms with Gasteiger partial charge in [0.05, 0.1) is 0 Å². The van der Waals surface area contributed by atoms with Gasteiger partial charge < -0.3 is 14.9 Å². The summed E-state index contributed by atoms with van der Waals surface area (Å²) in [6.45, 7) is 0. The largest absolute Gasteiger partial charge is 2.00 e. The molecular formula is C4H12CuLiS. The summed E-state index contributed by atoms with van der Waals surface area (Å²) in [7, 11) is 0. The Morgan fingerprint density at radius 2 is 1.00 bits per heavy atom. The van der Waals surface area contributed by atoms with Crippen molar-refractivity contribution < 1.29 is 17.1 Å². The molecule has 0 fully saturated rings. The zero-order chi connectivity index (χ0) is 2.71. The molecule has 0 spiro atoms. The van der Waals surface area contributed by atoms with E-state index in [0.29, 0.717) is 0 Å². The van der Waals surface area contributed by atoms with E-state index in [2.05, 4.69) is 0 Å². The van der Waals surface area contributed by atoms with Gasteiger partial charge >= 0.3 is 17.1 Å². The number of thioether (sulfide) groups is 1. The molecule has 46 valence electrons. The minimum absolute atomic E-state index is 0. The van der Waals surface area contributed by atoms with Crippen LogP contribution < -0.4 is 0 Å². The van der Waals surface area contributed by atoms with E-state index in [9.17, 15) is 0 Å². The topological polar surface area (TPSA) is 0 Å². The predicted molar refractivity (Wildman–Crippen MR) is 38.0 cm³/mol. The van der Waals surface area contributed by atoms with Gasteiger partial charge in [-0.3, -0.25) is 0 Å². The van der Waals surface area contributed by atoms with Crippen LogP contribution in [0.1, 0.15) is 0 Å². The van der Waals surface area contributed by atoms with E-state index < -0.39 is 0 Å². The Bertz CT molecular complexity index is 11.7. The quantitative estimate of drug-likeness (QED) is 0.384. The van der Waals surface area contributed by atoms with Crippen LogP contribution in [-0.2, 0) is 17.1 Å². The molecule has 0 amide bonds. The summed E-state index contributed by atoms with van der Waals surface area (Å²) in [6.07, 6.45) is 4.08. The number of rotatable bonds is 0. The van der Waals surface area contributed by atoms with Crippen molar-refractivity contribution in [1.82, 2.24) is 0 Å². The summed E-state index contributed by atoms with van der Waals surface area (Å²) in [4.78, 5) is 0. The molecule has 0 aromatic heterocycles. The van der Waals surface area contributed by atoms with Crippen LogP contribution >= 0.6 is 11.8 Å². The van der Waals surface area contributed by atoms with E-state index in [0.717, 1.165) is 0 Å². The molecule has 0 aromatic carbocycles. The molecule has 0 rings (SSSR count). The van der Waals surface area contributed by atoms with Crippen molar-refractivity contribution >= 4 is 30.6 Å². The van der Waals surface area contributed by atoms with E-state index in [1.807, 2.05) is 12.5 Å². The second kappa shape index (κ2) is 51.3. The third-order valence-corrected chi connectivity index (χ3v) is 0. The first-order valence-corrected chi connectivity index (χ1v) is 2.45. The predicted octanol–water partition coefficient (Wildman–Crippen LogP) is 1.50. The Hall–Kier alpha value is 1.47. The molecule has 2 radical (unpaired) electrons. The molecular weight excluding hydrogens is 151 g/mol. The summed E-state index contributed by atoms with van der Waals surface area (Å²) < 4.78 is 0. The molecule has 0 aliphatic heterocycles. The van der Waals surface area contributed by atoms with Crippen LogP contribution in [0.2, 0.25) is 0 Å². The van der Waals surface area contributed by atoms with Crippen LogP contribution in [0.5, 0.6) is 0 Å². The Morgan fingerprint density at radius 1 is 1.00 bits per heavy atom. The normalized spacial score (nSPS) is 2.57. The summed E-state index contributed by atoms with van der Waals surface area (Å²) in [5.74, 6) is 0. The van der Waals surface area contributed by atoms with Crippen LogP contribution in [0.25, 0.3) is 0 Å². The zero-order valence-corrected chi connectivity index (χ0v) is 7.47. The van der Waals surface area contributed by atoms with Gasteiger partial charge in [0.2, 0.25) is 0 Å². The maximum absolute atomic E-state index is 2.04. The second-order valence-electron chi connectivity index (χ2n) is 0.408. The maximum atomic E-state index is 2.04.